The lowest BCUT2D eigenvalue weighted by atomic mass is 9.89. The zero-order valence-corrected chi connectivity index (χ0v) is 20.6. The molecule has 4 rings (SSSR count). The zero-order valence-electron chi connectivity index (χ0n) is 17.2. The topological polar surface area (TPSA) is 192 Å². The minimum atomic E-state index is -4.80. The van der Waals surface area contributed by atoms with Gasteiger partial charge in [0.15, 0.2) is 5.90 Å². The minimum Gasteiger partial charge on any atom is -0.387 e. The number of nitrogens with zero attached hydrogens (tertiary/aromatic N) is 2. The first-order chi connectivity index (χ1) is 15.4. The molecule has 33 heavy (non-hydrogen) atoms. The monoisotopic (exact) mass is 543 g/mol. The Balaban J connectivity index is 1.55. The van der Waals surface area contributed by atoms with Gasteiger partial charge >= 0.3 is 15.2 Å². The summed E-state index contributed by atoms with van der Waals surface area (Å²) in [6, 6.07) is 0.261. The highest BCUT2D eigenvalue weighted by Gasteiger charge is 2.51. The number of halogens is 1. The van der Waals surface area contributed by atoms with E-state index in [4.69, 9.17) is 30.6 Å². The normalized spacial score (nSPS) is 28.4. The summed E-state index contributed by atoms with van der Waals surface area (Å²) in [7, 11) is -9.44. The molecule has 0 amide bonds. The van der Waals surface area contributed by atoms with Gasteiger partial charge in [0.2, 0.25) is 5.28 Å². The van der Waals surface area contributed by atoms with Gasteiger partial charge in [0.05, 0.1) is 23.4 Å². The summed E-state index contributed by atoms with van der Waals surface area (Å²) in [5.74, 6) is -0.822. The third-order valence-corrected chi connectivity index (χ3v) is 10.3. The molecule has 1 saturated carbocycles. The van der Waals surface area contributed by atoms with Gasteiger partial charge in [-0.3, -0.25) is 9.13 Å². The number of anilines is 1. The summed E-state index contributed by atoms with van der Waals surface area (Å²) in [5, 5.41) is 27.0. The van der Waals surface area contributed by atoms with E-state index in [1.54, 1.807) is 5.38 Å². The van der Waals surface area contributed by atoms with Crippen LogP contribution in [-0.2, 0) is 24.0 Å². The molecule has 2 aliphatic rings. The molecule has 12 nitrogen and oxygen atoms in total. The number of ether oxygens (including phenoxy) is 1. The van der Waals surface area contributed by atoms with Gasteiger partial charge in [-0.05, 0) is 24.4 Å². The van der Waals surface area contributed by atoms with E-state index in [1.807, 2.05) is 0 Å². The van der Waals surface area contributed by atoms with Crippen LogP contribution in [-0.4, -0.2) is 72.2 Å². The van der Waals surface area contributed by atoms with Crippen molar-refractivity contribution in [1.29, 1.82) is 0 Å². The van der Waals surface area contributed by atoms with Gasteiger partial charge in [-0.1, -0.05) is 12.8 Å². The number of aliphatic hydroxyl groups excluding tert-OH is 1. The summed E-state index contributed by atoms with van der Waals surface area (Å²) in [4.78, 5) is 35.9. The van der Waals surface area contributed by atoms with Crippen molar-refractivity contribution in [3.8, 4) is 0 Å². The summed E-state index contributed by atoms with van der Waals surface area (Å²) in [6.07, 6.45) is 1.46. The Morgan fingerprint density at radius 3 is 2.64 bits per heavy atom. The van der Waals surface area contributed by atoms with Crippen LogP contribution in [0.25, 0.3) is 10.2 Å². The van der Waals surface area contributed by atoms with Crippen molar-refractivity contribution in [3.05, 3.63) is 16.2 Å². The van der Waals surface area contributed by atoms with Crippen LogP contribution in [0.4, 0.5) is 5.82 Å². The molecule has 6 N–H and O–H groups in total. The second-order valence-corrected chi connectivity index (χ2v) is 13.5. The molecule has 2 aromatic rings. The smallest absolute Gasteiger partial charge is 0.340 e. The fourth-order valence-electron chi connectivity index (χ4n) is 4.12. The maximum Gasteiger partial charge on any atom is 0.340 e. The van der Waals surface area contributed by atoms with E-state index >= 15 is 0 Å². The Bertz CT molecular complexity index is 1120. The lowest BCUT2D eigenvalue weighted by molar-refractivity contribution is -0.0576. The van der Waals surface area contributed by atoms with Crippen molar-refractivity contribution in [2.75, 3.05) is 24.4 Å². The largest absolute Gasteiger partial charge is 0.387 e. The number of thiophene rings is 1. The minimum absolute atomic E-state index is 0.0295. The summed E-state index contributed by atoms with van der Waals surface area (Å²) < 4.78 is 33.7. The predicted molar refractivity (Wildman–Crippen MR) is 121 cm³/mol. The first kappa shape index (κ1) is 25.4. The van der Waals surface area contributed by atoms with Gasteiger partial charge in [0, 0.05) is 17.0 Å². The van der Waals surface area contributed by atoms with Crippen molar-refractivity contribution in [3.63, 3.8) is 0 Å². The van der Waals surface area contributed by atoms with Gasteiger partial charge in [-0.25, -0.2) is 4.98 Å². The Kier molecular flexibility index (Phi) is 7.24. The maximum atomic E-state index is 11.9. The molecule has 1 saturated heterocycles. The number of fused-ring (bicyclic) bond motifs is 1. The van der Waals surface area contributed by atoms with E-state index in [-0.39, 0.29) is 23.5 Å². The quantitative estimate of drug-likeness (QED) is 0.210. The number of nitrogens with one attached hydrogen (secondary N) is 1. The third kappa shape index (κ3) is 5.60. The van der Waals surface area contributed by atoms with E-state index < -0.39 is 45.5 Å². The molecule has 2 fully saturated rings. The molecule has 1 unspecified atom stereocenters. The zero-order chi connectivity index (χ0) is 24.0. The number of hydrogen-bond acceptors (Lipinski definition) is 10. The summed E-state index contributed by atoms with van der Waals surface area (Å²) in [6.45, 7) is -1.03. The van der Waals surface area contributed by atoms with Crippen LogP contribution in [0.15, 0.2) is 5.38 Å². The second kappa shape index (κ2) is 9.40. The molecule has 2 aromatic heterocycles. The molecule has 1 aliphatic carbocycles. The maximum absolute atomic E-state index is 11.9. The summed E-state index contributed by atoms with van der Waals surface area (Å²) >= 11 is 7.40. The van der Waals surface area contributed by atoms with Crippen molar-refractivity contribution >= 4 is 54.2 Å². The van der Waals surface area contributed by atoms with E-state index in [9.17, 15) is 24.2 Å². The van der Waals surface area contributed by atoms with Crippen molar-refractivity contribution < 1.29 is 43.3 Å². The van der Waals surface area contributed by atoms with Crippen LogP contribution in [0.2, 0.25) is 5.28 Å². The molecule has 1 aliphatic heterocycles. The van der Waals surface area contributed by atoms with E-state index in [0.29, 0.717) is 16.0 Å². The summed E-state index contributed by atoms with van der Waals surface area (Å²) in [5.41, 5.74) is -1.31. The van der Waals surface area contributed by atoms with Gasteiger partial charge in [0.1, 0.15) is 23.6 Å². The van der Waals surface area contributed by atoms with Crippen LogP contribution in [0.5, 0.6) is 0 Å². The highest BCUT2D eigenvalue weighted by molar-refractivity contribution is 7.70. The highest BCUT2D eigenvalue weighted by atomic mass is 35.5. The van der Waals surface area contributed by atoms with Gasteiger partial charge in [0.25, 0.3) is 0 Å². The first-order valence-corrected chi connectivity index (χ1v) is 14.9. The van der Waals surface area contributed by atoms with Crippen molar-refractivity contribution in [2.45, 2.75) is 49.5 Å². The number of hydrogen-bond donors (Lipinski definition) is 6. The Hall–Kier alpha value is -0.690. The lowest BCUT2D eigenvalue weighted by Crippen LogP contribution is -2.42. The molecule has 0 aromatic carbocycles. The molecule has 0 spiro atoms. The SMILES string of the molecule is O=P(O)(O)CP(=O)(O)OC[C@H]1OC[C@](O)(c2csc3c(NC4CCCC4)nc(Cl)nc23)[C@@H]1O. The third-order valence-electron chi connectivity index (χ3n) is 5.71. The Morgan fingerprint density at radius 2 is 1.97 bits per heavy atom. The number of aromatic nitrogens is 2. The molecule has 0 radical (unpaired) electrons. The van der Waals surface area contributed by atoms with Crippen LogP contribution in [0, 0.1) is 0 Å². The fourth-order valence-corrected chi connectivity index (χ4v) is 7.89. The second-order valence-electron chi connectivity index (χ2n) is 8.25. The van der Waals surface area contributed by atoms with Crippen molar-refractivity contribution in [1.82, 2.24) is 9.97 Å². The van der Waals surface area contributed by atoms with Crippen LogP contribution < -0.4 is 5.32 Å². The Labute approximate surface area is 197 Å². The molecule has 3 heterocycles. The van der Waals surface area contributed by atoms with Crippen LogP contribution >= 0.6 is 38.1 Å². The van der Waals surface area contributed by atoms with Gasteiger partial charge < -0.3 is 39.5 Å². The molecular formula is C17H24ClN3O9P2S. The van der Waals surface area contributed by atoms with Gasteiger partial charge in [-0.15, -0.1) is 11.3 Å². The van der Waals surface area contributed by atoms with Crippen molar-refractivity contribution in [2.24, 2.45) is 0 Å². The molecular weight excluding hydrogens is 520 g/mol. The number of aliphatic hydroxyl groups is 2. The van der Waals surface area contributed by atoms with E-state index in [0.717, 1.165) is 25.7 Å². The van der Waals surface area contributed by atoms with E-state index in [2.05, 4.69) is 15.3 Å². The van der Waals surface area contributed by atoms with Gasteiger partial charge in [-0.2, -0.15) is 4.98 Å². The molecule has 184 valence electrons. The van der Waals surface area contributed by atoms with Crippen LogP contribution in [0.1, 0.15) is 31.2 Å². The standard InChI is InChI=1S/C17H24ClN3O9P2S/c18-16-20-12-10(6-33-13(12)15(21-16)19-9-3-1-2-4-9)17(23)7-29-11(14(17)22)5-30-32(27,28)8-31(24,25)26/h6,9,11,14,22-23H,1-5,7-8H2,(H,27,28)(H,19,20,21)(H2,24,25,26)/t11-,14-,17+/m1/s1. The lowest BCUT2D eigenvalue weighted by Gasteiger charge is -2.26. The predicted octanol–water partition coefficient (Wildman–Crippen LogP) is 1.98. The average molecular weight is 544 g/mol. The molecule has 4 atom stereocenters. The van der Waals surface area contributed by atoms with Crippen LogP contribution in [0.3, 0.4) is 0 Å². The highest BCUT2D eigenvalue weighted by Crippen LogP contribution is 2.55. The average Bonchev–Trinajstić information content (AvgIpc) is 3.40. The first-order valence-electron chi connectivity index (χ1n) is 10.1. The molecule has 0 bridgehead atoms. The fraction of sp³-hybridized carbons (Fsp3) is 0.647. The van der Waals surface area contributed by atoms with E-state index in [1.165, 1.54) is 11.3 Å². The molecule has 16 heteroatoms. The Morgan fingerprint density at radius 1 is 1.27 bits per heavy atom. The number of rotatable bonds is 8.